The van der Waals surface area contributed by atoms with E-state index in [4.69, 9.17) is 0 Å². The molecule has 1 atom stereocenters. The van der Waals surface area contributed by atoms with Crippen molar-refractivity contribution in [3.05, 3.63) is 54.4 Å². The number of nitrogens with zero attached hydrogens (tertiary/aromatic N) is 1. The number of carbonyl (C=O) groups excluding carboxylic acids is 2. The van der Waals surface area contributed by atoms with Crippen molar-refractivity contribution < 1.29 is 9.59 Å². The Kier molecular flexibility index (Phi) is 3.73. The van der Waals surface area contributed by atoms with Crippen molar-refractivity contribution in [2.75, 3.05) is 18.0 Å². The molecule has 0 unspecified atom stereocenters. The number of rotatable bonds is 4. The van der Waals surface area contributed by atoms with Gasteiger partial charge in [-0.2, -0.15) is 0 Å². The quantitative estimate of drug-likeness (QED) is 0.898. The molecule has 1 fully saturated rings. The fourth-order valence-corrected chi connectivity index (χ4v) is 2.58. The van der Waals surface area contributed by atoms with E-state index in [9.17, 15) is 9.59 Å². The topological polar surface area (TPSA) is 65.2 Å². The maximum Gasteiger partial charge on any atom is 0.267 e. The predicted octanol–water partition coefficient (Wildman–Crippen LogP) is 1.80. The van der Waals surface area contributed by atoms with Crippen molar-refractivity contribution in [2.45, 2.75) is 6.42 Å². The number of aromatic nitrogens is 1. The first-order valence-corrected chi connectivity index (χ1v) is 7.01. The highest BCUT2D eigenvalue weighted by Gasteiger charge is 2.30. The Morgan fingerprint density at radius 1 is 1.24 bits per heavy atom. The van der Waals surface area contributed by atoms with E-state index in [1.54, 1.807) is 23.2 Å². The van der Waals surface area contributed by atoms with E-state index in [-0.39, 0.29) is 17.7 Å². The third-order valence-corrected chi connectivity index (χ3v) is 3.67. The van der Waals surface area contributed by atoms with E-state index in [0.29, 0.717) is 25.2 Å². The lowest BCUT2D eigenvalue weighted by atomic mass is 10.1. The first-order valence-electron chi connectivity index (χ1n) is 7.01. The molecular weight excluding hydrogens is 266 g/mol. The average Bonchev–Trinajstić information content (AvgIpc) is 3.15. The van der Waals surface area contributed by atoms with Gasteiger partial charge in [0, 0.05) is 37.3 Å². The predicted molar refractivity (Wildman–Crippen MR) is 80.0 cm³/mol. The highest BCUT2D eigenvalue weighted by atomic mass is 16.2. The molecule has 21 heavy (non-hydrogen) atoms. The van der Waals surface area contributed by atoms with Crippen molar-refractivity contribution >= 4 is 17.5 Å². The van der Waals surface area contributed by atoms with Gasteiger partial charge in [-0.1, -0.05) is 18.2 Å². The molecule has 1 saturated heterocycles. The van der Waals surface area contributed by atoms with Gasteiger partial charge in [-0.25, -0.2) is 0 Å². The summed E-state index contributed by atoms with van der Waals surface area (Å²) in [4.78, 5) is 28.6. The summed E-state index contributed by atoms with van der Waals surface area (Å²) in [5.74, 6) is 0.127. The van der Waals surface area contributed by atoms with Gasteiger partial charge in [0.05, 0.1) is 0 Å². The second-order valence-corrected chi connectivity index (χ2v) is 5.20. The molecule has 0 spiro atoms. The third-order valence-electron chi connectivity index (χ3n) is 3.67. The van der Waals surface area contributed by atoms with Gasteiger partial charge in [0.25, 0.3) is 5.91 Å². The number of H-pyrrole nitrogens is 1. The van der Waals surface area contributed by atoms with Gasteiger partial charge in [-0.15, -0.1) is 0 Å². The molecule has 108 valence electrons. The van der Waals surface area contributed by atoms with Gasteiger partial charge in [-0.05, 0) is 24.3 Å². The molecule has 5 nitrogen and oxygen atoms in total. The second-order valence-electron chi connectivity index (χ2n) is 5.20. The molecule has 1 aliphatic heterocycles. The summed E-state index contributed by atoms with van der Waals surface area (Å²) < 4.78 is 0. The van der Waals surface area contributed by atoms with Crippen molar-refractivity contribution in [3.8, 4) is 0 Å². The van der Waals surface area contributed by atoms with E-state index in [1.807, 2.05) is 30.3 Å². The highest BCUT2D eigenvalue weighted by molar-refractivity contribution is 5.96. The minimum Gasteiger partial charge on any atom is -0.357 e. The summed E-state index contributed by atoms with van der Waals surface area (Å²) in [5, 5.41) is 2.87. The van der Waals surface area contributed by atoms with Crippen molar-refractivity contribution in [3.63, 3.8) is 0 Å². The fourth-order valence-electron chi connectivity index (χ4n) is 2.58. The third kappa shape index (κ3) is 2.97. The molecule has 0 bridgehead atoms. The molecule has 0 aliphatic carbocycles. The monoisotopic (exact) mass is 283 g/mol. The van der Waals surface area contributed by atoms with Crippen molar-refractivity contribution in [2.24, 2.45) is 5.92 Å². The zero-order valence-corrected chi connectivity index (χ0v) is 11.6. The fraction of sp³-hybridized carbons (Fsp3) is 0.250. The largest absolute Gasteiger partial charge is 0.357 e. The normalized spacial score (nSPS) is 18.0. The molecule has 3 rings (SSSR count). The SMILES string of the molecule is O=C(NC[C@H]1CC(=O)N(c2ccccc2)C1)c1ccc[nH]1. The van der Waals surface area contributed by atoms with E-state index in [1.165, 1.54) is 0 Å². The Morgan fingerprint density at radius 3 is 2.76 bits per heavy atom. The molecule has 2 aromatic rings. The van der Waals surface area contributed by atoms with Gasteiger partial charge >= 0.3 is 0 Å². The van der Waals surface area contributed by atoms with Gasteiger partial charge in [-0.3, -0.25) is 9.59 Å². The van der Waals surface area contributed by atoms with Crippen LogP contribution in [-0.4, -0.2) is 29.9 Å². The Balaban J connectivity index is 1.57. The van der Waals surface area contributed by atoms with E-state index in [2.05, 4.69) is 10.3 Å². The lowest BCUT2D eigenvalue weighted by molar-refractivity contribution is -0.117. The number of benzene rings is 1. The first-order chi connectivity index (χ1) is 10.2. The minimum atomic E-state index is -0.134. The van der Waals surface area contributed by atoms with Crippen LogP contribution in [0, 0.1) is 5.92 Å². The summed E-state index contributed by atoms with van der Waals surface area (Å²) >= 11 is 0. The lowest BCUT2D eigenvalue weighted by Crippen LogP contribution is -2.31. The van der Waals surface area contributed by atoms with Gasteiger partial charge in [0.2, 0.25) is 5.91 Å². The molecule has 2 heterocycles. The molecule has 0 radical (unpaired) electrons. The number of hydrogen-bond donors (Lipinski definition) is 2. The number of nitrogens with one attached hydrogen (secondary N) is 2. The smallest absolute Gasteiger partial charge is 0.267 e. The average molecular weight is 283 g/mol. The molecular formula is C16H17N3O2. The van der Waals surface area contributed by atoms with Crippen LogP contribution in [0.5, 0.6) is 0 Å². The van der Waals surface area contributed by atoms with Crippen LogP contribution in [-0.2, 0) is 4.79 Å². The highest BCUT2D eigenvalue weighted by Crippen LogP contribution is 2.24. The van der Waals surface area contributed by atoms with E-state index < -0.39 is 0 Å². The van der Waals surface area contributed by atoms with Gasteiger partial charge in [0.1, 0.15) is 5.69 Å². The lowest BCUT2D eigenvalue weighted by Gasteiger charge is -2.16. The molecule has 5 heteroatoms. The molecule has 0 saturated carbocycles. The molecule has 1 aromatic heterocycles. The number of anilines is 1. The van der Waals surface area contributed by atoms with Crippen LogP contribution in [0.4, 0.5) is 5.69 Å². The minimum absolute atomic E-state index is 0.111. The van der Waals surface area contributed by atoms with Crippen LogP contribution in [0.3, 0.4) is 0 Å². The van der Waals surface area contributed by atoms with Crippen LogP contribution in [0.15, 0.2) is 48.7 Å². The summed E-state index contributed by atoms with van der Waals surface area (Å²) in [6.07, 6.45) is 2.19. The van der Waals surface area contributed by atoms with Crippen LogP contribution in [0.2, 0.25) is 0 Å². The summed E-state index contributed by atoms with van der Waals surface area (Å²) in [5.41, 5.74) is 1.46. The second kappa shape index (κ2) is 5.83. The zero-order chi connectivity index (χ0) is 14.7. The number of carbonyl (C=O) groups is 2. The Morgan fingerprint density at radius 2 is 2.05 bits per heavy atom. The Labute approximate surface area is 123 Å². The summed E-state index contributed by atoms with van der Waals surface area (Å²) in [7, 11) is 0. The maximum absolute atomic E-state index is 12.1. The molecule has 1 aromatic carbocycles. The molecule has 1 aliphatic rings. The van der Waals surface area contributed by atoms with E-state index >= 15 is 0 Å². The molecule has 2 N–H and O–H groups in total. The van der Waals surface area contributed by atoms with Crippen LogP contribution >= 0.6 is 0 Å². The first kappa shape index (κ1) is 13.4. The van der Waals surface area contributed by atoms with Crippen LogP contribution in [0.1, 0.15) is 16.9 Å². The van der Waals surface area contributed by atoms with E-state index in [0.717, 1.165) is 5.69 Å². The summed E-state index contributed by atoms with van der Waals surface area (Å²) in [6.45, 7) is 1.15. The van der Waals surface area contributed by atoms with Crippen molar-refractivity contribution in [1.82, 2.24) is 10.3 Å². The van der Waals surface area contributed by atoms with Crippen LogP contribution < -0.4 is 10.2 Å². The number of para-hydroxylation sites is 1. The van der Waals surface area contributed by atoms with Gasteiger partial charge in [0.15, 0.2) is 0 Å². The zero-order valence-electron chi connectivity index (χ0n) is 11.6. The number of amides is 2. The maximum atomic E-state index is 12.1. The molecule has 2 amide bonds. The summed E-state index contributed by atoms with van der Waals surface area (Å²) in [6, 6.07) is 13.1. The van der Waals surface area contributed by atoms with Crippen molar-refractivity contribution in [1.29, 1.82) is 0 Å². The Bertz CT molecular complexity index is 622. The van der Waals surface area contributed by atoms with Gasteiger partial charge < -0.3 is 15.2 Å². The number of hydrogen-bond acceptors (Lipinski definition) is 2. The standard InChI is InChI=1S/C16H17N3O2/c20-15-9-12(10-18-16(21)14-7-4-8-17-14)11-19(15)13-5-2-1-3-6-13/h1-8,12,17H,9-11H2,(H,18,21)/t12-/m1/s1. The Hall–Kier alpha value is -2.56. The van der Waals surface area contributed by atoms with Crippen LogP contribution in [0.25, 0.3) is 0 Å². The number of aromatic amines is 1.